The number of aryl methyl sites for hydroxylation is 2. The fraction of sp³-hybridized carbons (Fsp3) is 0.267. The van der Waals surface area contributed by atoms with E-state index in [-0.39, 0.29) is 5.91 Å². The number of aromatic nitrogens is 3. The number of fused-ring (bicyclic) bond motifs is 1. The van der Waals surface area contributed by atoms with E-state index < -0.39 is 0 Å². The molecular formula is C15H16N4OS. The highest BCUT2D eigenvalue weighted by molar-refractivity contribution is 7.20. The van der Waals surface area contributed by atoms with Crippen LogP contribution in [-0.2, 0) is 4.79 Å². The average Bonchev–Trinajstić information content (AvgIpc) is 3.00. The molecule has 0 bridgehead atoms. The number of thiazole rings is 1. The van der Waals surface area contributed by atoms with Gasteiger partial charge in [-0.05, 0) is 38.1 Å². The first kappa shape index (κ1) is 13.8. The van der Waals surface area contributed by atoms with Gasteiger partial charge in [-0.2, -0.15) is 5.10 Å². The third-order valence-electron chi connectivity index (χ3n) is 3.17. The summed E-state index contributed by atoms with van der Waals surface area (Å²) in [6.07, 6.45) is 0.470. The van der Waals surface area contributed by atoms with Crippen LogP contribution in [0, 0.1) is 13.8 Å². The van der Waals surface area contributed by atoms with Gasteiger partial charge in [-0.3, -0.25) is 4.79 Å². The van der Waals surface area contributed by atoms with E-state index in [1.54, 1.807) is 11.3 Å². The molecule has 1 aromatic carbocycles. The Morgan fingerprint density at radius 3 is 2.81 bits per heavy atom. The second-order valence-electron chi connectivity index (χ2n) is 4.92. The van der Waals surface area contributed by atoms with E-state index in [1.165, 1.54) is 0 Å². The highest BCUT2D eigenvalue weighted by Gasteiger charge is 2.10. The van der Waals surface area contributed by atoms with Gasteiger partial charge in [0.25, 0.3) is 0 Å². The predicted octanol–water partition coefficient (Wildman–Crippen LogP) is 3.45. The molecule has 0 saturated carbocycles. The van der Waals surface area contributed by atoms with Crippen LogP contribution >= 0.6 is 11.3 Å². The summed E-state index contributed by atoms with van der Waals surface area (Å²) in [5, 5.41) is 8.16. The molecule has 3 aromatic rings. The van der Waals surface area contributed by atoms with Crippen molar-refractivity contribution >= 4 is 33.1 Å². The molecule has 2 aromatic heterocycles. The van der Waals surface area contributed by atoms with Crippen molar-refractivity contribution in [3.05, 3.63) is 35.7 Å². The maximum absolute atomic E-state index is 11.5. The van der Waals surface area contributed by atoms with Crippen molar-refractivity contribution in [1.82, 2.24) is 14.8 Å². The lowest BCUT2D eigenvalue weighted by Gasteiger charge is -2.02. The molecule has 0 spiro atoms. The lowest BCUT2D eigenvalue weighted by atomic mass is 10.3. The van der Waals surface area contributed by atoms with Crippen LogP contribution < -0.4 is 5.32 Å². The monoisotopic (exact) mass is 300 g/mol. The van der Waals surface area contributed by atoms with E-state index in [0.29, 0.717) is 6.42 Å². The minimum Gasteiger partial charge on any atom is -0.326 e. The summed E-state index contributed by atoms with van der Waals surface area (Å²) in [4.78, 5) is 16.1. The number of hydrogen-bond acceptors (Lipinski definition) is 4. The predicted molar refractivity (Wildman–Crippen MR) is 85.1 cm³/mol. The van der Waals surface area contributed by atoms with E-state index in [0.717, 1.165) is 32.4 Å². The highest BCUT2D eigenvalue weighted by Crippen LogP contribution is 2.28. The number of carbonyl (C=O) groups excluding carboxylic acids is 1. The third-order valence-corrected chi connectivity index (χ3v) is 4.17. The normalized spacial score (nSPS) is 11.0. The van der Waals surface area contributed by atoms with Gasteiger partial charge < -0.3 is 5.32 Å². The summed E-state index contributed by atoms with van der Waals surface area (Å²) in [6, 6.07) is 7.78. The van der Waals surface area contributed by atoms with Gasteiger partial charge in [-0.15, -0.1) is 0 Å². The molecule has 0 aliphatic heterocycles. The molecule has 3 rings (SSSR count). The molecule has 1 N–H and O–H groups in total. The Bertz CT molecular complexity index is 818. The van der Waals surface area contributed by atoms with Crippen LogP contribution in [0.25, 0.3) is 15.3 Å². The van der Waals surface area contributed by atoms with Gasteiger partial charge in [0.05, 0.1) is 15.9 Å². The lowest BCUT2D eigenvalue weighted by molar-refractivity contribution is -0.115. The number of nitrogens with zero attached hydrogens (tertiary/aromatic N) is 3. The van der Waals surface area contributed by atoms with Crippen LogP contribution in [0.3, 0.4) is 0 Å². The van der Waals surface area contributed by atoms with Crippen molar-refractivity contribution < 1.29 is 4.79 Å². The fourth-order valence-electron chi connectivity index (χ4n) is 2.15. The van der Waals surface area contributed by atoms with Gasteiger partial charge in [0.15, 0.2) is 0 Å². The van der Waals surface area contributed by atoms with Crippen molar-refractivity contribution in [2.45, 2.75) is 27.2 Å². The summed E-state index contributed by atoms with van der Waals surface area (Å²) < 4.78 is 2.89. The van der Waals surface area contributed by atoms with E-state index in [2.05, 4.69) is 15.4 Å². The van der Waals surface area contributed by atoms with E-state index in [4.69, 9.17) is 0 Å². The fourth-order valence-corrected chi connectivity index (χ4v) is 3.17. The second kappa shape index (κ2) is 5.29. The summed E-state index contributed by atoms with van der Waals surface area (Å²) >= 11 is 1.56. The highest BCUT2D eigenvalue weighted by atomic mass is 32.1. The van der Waals surface area contributed by atoms with Crippen LogP contribution in [-0.4, -0.2) is 20.7 Å². The van der Waals surface area contributed by atoms with Crippen LogP contribution in [0.4, 0.5) is 5.69 Å². The Morgan fingerprint density at radius 1 is 1.33 bits per heavy atom. The first-order valence-corrected chi connectivity index (χ1v) is 7.62. The topological polar surface area (TPSA) is 59.8 Å². The minimum absolute atomic E-state index is 0.0117. The number of anilines is 1. The van der Waals surface area contributed by atoms with Gasteiger partial charge in [0.2, 0.25) is 11.0 Å². The van der Waals surface area contributed by atoms with Crippen molar-refractivity contribution in [3.63, 3.8) is 0 Å². The molecule has 6 heteroatoms. The first-order valence-electron chi connectivity index (χ1n) is 6.81. The van der Waals surface area contributed by atoms with Crippen molar-refractivity contribution in [2.75, 3.05) is 5.32 Å². The smallest absolute Gasteiger partial charge is 0.224 e. The van der Waals surface area contributed by atoms with Gasteiger partial charge in [-0.1, -0.05) is 18.3 Å². The average molecular weight is 300 g/mol. The van der Waals surface area contributed by atoms with Crippen molar-refractivity contribution in [2.24, 2.45) is 0 Å². The van der Waals surface area contributed by atoms with E-state index in [1.807, 2.05) is 49.7 Å². The number of hydrogen-bond donors (Lipinski definition) is 1. The molecule has 0 radical (unpaired) electrons. The van der Waals surface area contributed by atoms with Crippen molar-refractivity contribution in [1.29, 1.82) is 0 Å². The molecule has 0 atom stereocenters. The molecule has 0 unspecified atom stereocenters. The minimum atomic E-state index is 0.0117. The Morgan fingerprint density at radius 2 is 2.14 bits per heavy atom. The SMILES string of the molecule is CCC(=O)Nc1ccc2nc(-n3nc(C)cc3C)sc2c1. The van der Waals surface area contributed by atoms with Crippen LogP contribution in [0.15, 0.2) is 24.3 Å². The van der Waals surface area contributed by atoms with E-state index >= 15 is 0 Å². The van der Waals surface area contributed by atoms with Gasteiger partial charge >= 0.3 is 0 Å². The molecule has 21 heavy (non-hydrogen) atoms. The molecule has 0 fully saturated rings. The molecule has 0 aliphatic carbocycles. The summed E-state index contributed by atoms with van der Waals surface area (Å²) in [5.74, 6) is 0.0117. The van der Waals surface area contributed by atoms with Crippen LogP contribution in [0.1, 0.15) is 24.7 Å². The molecule has 1 amide bonds. The maximum Gasteiger partial charge on any atom is 0.224 e. The number of rotatable bonds is 3. The quantitative estimate of drug-likeness (QED) is 0.806. The van der Waals surface area contributed by atoms with Gasteiger partial charge in [0, 0.05) is 17.8 Å². The Kier molecular flexibility index (Phi) is 3.47. The number of carbonyl (C=O) groups is 1. The zero-order chi connectivity index (χ0) is 15.0. The van der Waals surface area contributed by atoms with Crippen LogP contribution in [0.5, 0.6) is 0 Å². The Hall–Kier alpha value is -2.21. The first-order chi connectivity index (χ1) is 10.1. The molecule has 2 heterocycles. The zero-order valence-corrected chi connectivity index (χ0v) is 13.0. The molecule has 108 valence electrons. The largest absolute Gasteiger partial charge is 0.326 e. The van der Waals surface area contributed by atoms with Crippen LogP contribution in [0.2, 0.25) is 0 Å². The van der Waals surface area contributed by atoms with E-state index in [9.17, 15) is 4.79 Å². The molecule has 0 aliphatic rings. The number of benzene rings is 1. The summed E-state index contributed by atoms with van der Waals surface area (Å²) in [6.45, 7) is 5.82. The van der Waals surface area contributed by atoms with Gasteiger partial charge in [-0.25, -0.2) is 9.67 Å². The van der Waals surface area contributed by atoms with Crippen molar-refractivity contribution in [3.8, 4) is 5.13 Å². The molecule has 5 nitrogen and oxygen atoms in total. The Labute approximate surface area is 126 Å². The summed E-state index contributed by atoms with van der Waals surface area (Å²) in [5.41, 5.74) is 3.75. The second-order valence-corrected chi connectivity index (χ2v) is 5.93. The zero-order valence-electron chi connectivity index (χ0n) is 12.2. The lowest BCUT2D eigenvalue weighted by Crippen LogP contribution is -2.08. The maximum atomic E-state index is 11.5. The Balaban J connectivity index is 2.00. The third kappa shape index (κ3) is 2.67. The molecule has 0 saturated heterocycles. The van der Waals surface area contributed by atoms with Gasteiger partial charge in [0.1, 0.15) is 0 Å². The number of amides is 1. The summed E-state index contributed by atoms with van der Waals surface area (Å²) in [7, 11) is 0. The standard InChI is InChI=1S/C15H16N4OS/c1-4-14(20)16-11-5-6-12-13(8-11)21-15(17-12)19-10(3)7-9(2)18-19/h5-8H,4H2,1-3H3,(H,16,20). The number of nitrogens with one attached hydrogen (secondary N) is 1. The molecular weight excluding hydrogens is 284 g/mol.